The molecule has 11 heteroatoms. The highest BCUT2D eigenvalue weighted by Crippen LogP contribution is 2.34. The molecule has 41 heavy (non-hydrogen) atoms. The Morgan fingerprint density at radius 1 is 0.683 bits per heavy atom. The van der Waals surface area contributed by atoms with E-state index in [4.69, 9.17) is 18.9 Å². The first-order chi connectivity index (χ1) is 19.9. The maximum absolute atomic E-state index is 13.1. The normalized spacial score (nSPS) is 19.7. The maximum Gasteiger partial charge on any atom is 0.338 e. The van der Waals surface area contributed by atoms with Crippen LogP contribution in [-0.4, -0.2) is 52.4 Å². The van der Waals surface area contributed by atoms with Crippen LogP contribution in [0, 0.1) is 0 Å². The molecule has 1 aromatic heterocycles. The molecule has 3 aromatic carbocycles. The number of benzene rings is 3. The number of rotatable bonds is 8. The molecule has 208 valence electrons. The molecule has 4 aromatic rings. The molecule has 0 amide bonds. The van der Waals surface area contributed by atoms with Crippen molar-refractivity contribution in [2.45, 2.75) is 24.5 Å². The Morgan fingerprint density at radius 3 is 1.68 bits per heavy atom. The number of aromatic nitrogens is 2. The van der Waals surface area contributed by atoms with Crippen LogP contribution < -0.4 is 11.2 Å². The zero-order chi connectivity index (χ0) is 28.8. The number of nitrogens with zero attached hydrogens (tertiary/aromatic N) is 1. The lowest BCUT2D eigenvalue weighted by molar-refractivity contribution is -0.0640. The third kappa shape index (κ3) is 6.31. The highest BCUT2D eigenvalue weighted by atomic mass is 16.7. The molecular weight excluding hydrogens is 532 g/mol. The molecule has 0 saturated carbocycles. The molecule has 0 radical (unpaired) electrons. The summed E-state index contributed by atoms with van der Waals surface area (Å²) in [5.74, 6) is -2.19. The van der Waals surface area contributed by atoms with Crippen molar-refractivity contribution >= 4 is 17.9 Å². The van der Waals surface area contributed by atoms with Gasteiger partial charge in [0.2, 0.25) is 0 Å². The van der Waals surface area contributed by atoms with Gasteiger partial charge in [0.25, 0.3) is 5.56 Å². The summed E-state index contributed by atoms with van der Waals surface area (Å²) in [7, 11) is 0. The van der Waals surface area contributed by atoms with Crippen LogP contribution in [0.15, 0.2) is 113 Å². The Balaban J connectivity index is 1.50. The van der Waals surface area contributed by atoms with Gasteiger partial charge in [-0.2, -0.15) is 0 Å². The SMILES string of the molecule is O=C(OCC1OC(n2ccc(=O)[nH]c2=O)C(OC(=O)c2ccccc2)C1OC(=O)c1ccccc1)c1ccccc1. The number of esters is 3. The van der Waals surface area contributed by atoms with Crippen LogP contribution in [0.1, 0.15) is 37.3 Å². The van der Waals surface area contributed by atoms with Crippen molar-refractivity contribution in [3.8, 4) is 0 Å². The molecule has 0 bridgehead atoms. The van der Waals surface area contributed by atoms with Gasteiger partial charge < -0.3 is 18.9 Å². The van der Waals surface area contributed by atoms with E-state index in [9.17, 15) is 24.0 Å². The van der Waals surface area contributed by atoms with E-state index in [1.165, 1.54) is 30.5 Å². The first kappa shape index (κ1) is 27.3. The second-order valence-electron chi connectivity index (χ2n) is 9.02. The number of hydrogen-bond donors (Lipinski definition) is 1. The van der Waals surface area contributed by atoms with Crippen molar-refractivity contribution in [1.82, 2.24) is 9.55 Å². The van der Waals surface area contributed by atoms with E-state index >= 15 is 0 Å². The number of hydrogen-bond acceptors (Lipinski definition) is 9. The Bertz CT molecular complexity index is 1640. The molecule has 1 aliphatic rings. The molecule has 1 N–H and O–H groups in total. The van der Waals surface area contributed by atoms with Gasteiger partial charge in [-0.05, 0) is 36.4 Å². The largest absolute Gasteiger partial charge is 0.459 e. The van der Waals surface area contributed by atoms with Gasteiger partial charge in [-0.3, -0.25) is 14.3 Å². The van der Waals surface area contributed by atoms with Crippen molar-refractivity contribution in [3.05, 3.63) is 141 Å². The Labute approximate surface area is 232 Å². The van der Waals surface area contributed by atoms with Crippen LogP contribution in [0.4, 0.5) is 0 Å². The van der Waals surface area contributed by atoms with Gasteiger partial charge in [0.15, 0.2) is 18.4 Å². The van der Waals surface area contributed by atoms with Gasteiger partial charge in [-0.1, -0.05) is 54.6 Å². The average Bonchev–Trinajstić information content (AvgIpc) is 3.33. The van der Waals surface area contributed by atoms with Crippen LogP contribution in [0.25, 0.3) is 0 Å². The fraction of sp³-hybridized carbons (Fsp3) is 0.167. The van der Waals surface area contributed by atoms with E-state index in [2.05, 4.69) is 4.98 Å². The smallest absolute Gasteiger partial charge is 0.338 e. The first-order valence-electron chi connectivity index (χ1n) is 12.6. The molecule has 1 fully saturated rings. The number of H-pyrrole nitrogens is 1. The van der Waals surface area contributed by atoms with Crippen LogP contribution in [0.3, 0.4) is 0 Å². The first-order valence-corrected chi connectivity index (χ1v) is 12.6. The number of carbonyl (C=O) groups is 3. The van der Waals surface area contributed by atoms with Crippen LogP contribution in [-0.2, 0) is 18.9 Å². The topological polar surface area (TPSA) is 143 Å². The zero-order valence-electron chi connectivity index (χ0n) is 21.5. The van der Waals surface area contributed by atoms with Crippen molar-refractivity contribution in [2.24, 2.45) is 0 Å². The van der Waals surface area contributed by atoms with Crippen molar-refractivity contribution < 1.29 is 33.3 Å². The number of aromatic amines is 1. The molecule has 0 spiro atoms. The van der Waals surface area contributed by atoms with E-state index < -0.39 is 60.3 Å². The quantitative estimate of drug-likeness (QED) is 0.256. The van der Waals surface area contributed by atoms with Gasteiger partial charge in [-0.25, -0.2) is 19.2 Å². The predicted molar refractivity (Wildman–Crippen MR) is 143 cm³/mol. The molecule has 5 rings (SSSR count). The van der Waals surface area contributed by atoms with Crippen molar-refractivity contribution in [2.75, 3.05) is 6.61 Å². The number of nitrogens with one attached hydrogen (secondary N) is 1. The minimum Gasteiger partial charge on any atom is -0.459 e. The molecule has 0 aliphatic carbocycles. The fourth-order valence-corrected chi connectivity index (χ4v) is 4.31. The van der Waals surface area contributed by atoms with E-state index in [0.717, 1.165) is 10.6 Å². The summed E-state index contributed by atoms with van der Waals surface area (Å²) in [6.07, 6.45) is -4.03. The molecular formula is C30H24N2O9. The second-order valence-corrected chi connectivity index (χ2v) is 9.02. The third-order valence-electron chi connectivity index (χ3n) is 6.30. The molecule has 2 heterocycles. The summed E-state index contributed by atoms with van der Waals surface area (Å²) in [4.78, 5) is 65.5. The van der Waals surface area contributed by atoms with E-state index in [1.807, 2.05) is 0 Å². The number of ether oxygens (including phenoxy) is 4. The van der Waals surface area contributed by atoms with Crippen molar-refractivity contribution in [3.63, 3.8) is 0 Å². The Morgan fingerprint density at radius 2 is 1.17 bits per heavy atom. The molecule has 4 unspecified atom stereocenters. The molecule has 1 saturated heterocycles. The van der Waals surface area contributed by atoms with Gasteiger partial charge >= 0.3 is 23.6 Å². The van der Waals surface area contributed by atoms with Crippen LogP contribution in [0.5, 0.6) is 0 Å². The van der Waals surface area contributed by atoms with E-state index in [0.29, 0.717) is 0 Å². The summed E-state index contributed by atoms with van der Waals surface area (Å²) in [5.41, 5.74) is -0.804. The Hall–Kier alpha value is -5.29. The van der Waals surface area contributed by atoms with Gasteiger partial charge in [-0.15, -0.1) is 0 Å². The summed E-state index contributed by atoms with van der Waals surface area (Å²) >= 11 is 0. The summed E-state index contributed by atoms with van der Waals surface area (Å²) < 4.78 is 24.1. The second kappa shape index (κ2) is 12.3. The zero-order valence-corrected chi connectivity index (χ0v) is 21.5. The highest BCUT2D eigenvalue weighted by molar-refractivity contribution is 5.91. The highest BCUT2D eigenvalue weighted by Gasteiger charge is 2.51. The molecule has 11 nitrogen and oxygen atoms in total. The lowest BCUT2D eigenvalue weighted by Gasteiger charge is -2.25. The molecule has 1 aliphatic heterocycles. The van der Waals surface area contributed by atoms with Crippen LogP contribution >= 0.6 is 0 Å². The summed E-state index contributed by atoms with van der Waals surface area (Å²) in [5, 5.41) is 0. The van der Waals surface area contributed by atoms with Crippen molar-refractivity contribution in [1.29, 1.82) is 0 Å². The van der Waals surface area contributed by atoms with Gasteiger partial charge in [0.05, 0.1) is 16.7 Å². The lowest BCUT2D eigenvalue weighted by Crippen LogP contribution is -2.43. The number of carbonyl (C=O) groups excluding carboxylic acids is 3. The summed E-state index contributed by atoms with van der Waals surface area (Å²) in [6.45, 7) is -0.408. The minimum absolute atomic E-state index is 0.201. The van der Waals surface area contributed by atoms with Crippen LogP contribution in [0.2, 0.25) is 0 Å². The average molecular weight is 557 g/mol. The van der Waals surface area contributed by atoms with Gasteiger partial charge in [0.1, 0.15) is 12.7 Å². The predicted octanol–water partition coefficient (Wildman–Crippen LogP) is 2.74. The minimum atomic E-state index is -1.38. The lowest BCUT2D eigenvalue weighted by atomic mass is 10.1. The molecule has 4 atom stereocenters. The van der Waals surface area contributed by atoms with E-state index in [1.54, 1.807) is 66.7 Å². The standard InChI is InChI=1S/C30H24N2O9/c33-23-16-17-32(30(37)31-23)26-25(41-29(36)21-14-8-3-9-15-21)24(40-28(35)20-12-6-2-7-13-20)22(39-26)18-38-27(34)19-10-4-1-5-11-19/h1-17,22,24-26H,18H2,(H,31,33,37). The Kier molecular flexibility index (Phi) is 8.16. The van der Waals surface area contributed by atoms with Gasteiger partial charge in [0, 0.05) is 12.3 Å². The summed E-state index contributed by atoms with van der Waals surface area (Å²) in [6, 6.07) is 25.5. The maximum atomic E-state index is 13.1. The van der Waals surface area contributed by atoms with E-state index in [-0.39, 0.29) is 16.7 Å². The monoisotopic (exact) mass is 556 g/mol. The fourth-order valence-electron chi connectivity index (χ4n) is 4.31. The third-order valence-corrected chi connectivity index (χ3v) is 6.30.